The van der Waals surface area contributed by atoms with Gasteiger partial charge in [0.05, 0.1) is 6.54 Å². The summed E-state index contributed by atoms with van der Waals surface area (Å²) in [5, 5.41) is 10.8. The summed E-state index contributed by atoms with van der Waals surface area (Å²) in [5.41, 5.74) is 0. The van der Waals surface area contributed by atoms with Crippen LogP contribution in [-0.4, -0.2) is 26.5 Å². The Bertz CT molecular complexity index is 345. The van der Waals surface area contributed by atoms with Gasteiger partial charge in [0.25, 0.3) is 0 Å². The van der Waals surface area contributed by atoms with Crippen LogP contribution in [0.2, 0.25) is 0 Å². The van der Waals surface area contributed by atoms with Crippen molar-refractivity contribution >= 4 is 11.9 Å². The molecule has 1 heterocycles. The van der Waals surface area contributed by atoms with Crippen LogP contribution < -0.4 is 5.32 Å². The molecule has 76 valence electrons. The van der Waals surface area contributed by atoms with Crippen LogP contribution in [0.15, 0.2) is 12.4 Å². The molecule has 0 aliphatic carbocycles. The fourth-order valence-electron chi connectivity index (χ4n) is 0.944. The van der Waals surface area contributed by atoms with Gasteiger partial charge in [0.1, 0.15) is 12.2 Å². The minimum Gasteiger partial charge on any atom is -0.481 e. The molecule has 0 saturated carbocycles. The molecule has 0 aliphatic heterocycles. The smallest absolute Gasteiger partial charge is 0.312 e. The standard InChI is InChI=1S/C8H11N3O3/c1-11-3-2-9-6(11)5-10-7(12)4-8(13)14/h2-3H,4-5H2,1H3,(H,10,12)(H,13,14). The van der Waals surface area contributed by atoms with Gasteiger partial charge in [-0.25, -0.2) is 4.98 Å². The van der Waals surface area contributed by atoms with Crippen molar-refractivity contribution in [2.75, 3.05) is 0 Å². The van der Waals surface area contributed by atoms with Gasteiger partial charge in [0.2, 0.25) is 5.91 Å². The minimum atomic E-state index is -1.14. The predicted molar refractivity (Wildman–Crippen MR) is 47.3 cm³/mol. The van der Waals surface area contributed by atoms with E-state index in [1.165, 1.54) is 0 Å². The molecule has 0 aromatic carbocycles. The van der Waals surface area contributed by atoms with Crippen LogP contribution in [0.25, 0.3) is 0 Å². The van der Waals surface area contributed by atoms with E-state index >= 15 is 0 Å². The molecular weight excluding hydrogens is 186 g/mol. The van der Waals surface area contributed by atoms with Crippen molar-refractivity contribution in [2.45, 2.75) is 13.0 Å². The number of carbonyl (C=O) groups excluding carboxylic acids is 1. The largest absolute Gasteiger partial charge is 0.481 e. The van der Waals surface area contributed by atoms with Crippen molar-refractivity contribution in [3.05, 3.63) is 18.2 Å². The Hall–Kier alpha value is -1.85. The number of carboxylic acid groups (broad SMARTS) is 1. The van der Waals surface area contributed by atoms with E-state index in [9.17, 15) is 9.59 Å². The van der Waals surface area contributed by atoms with Crippen LogP contribution in [-0.2, 0) is 23.2 Å². The van der Waals surface area contributed by atoms with Gasteiger partial charge in [-0.05, 0) is 0 Å². The molecule has 0 fully saturated rings. The molecule has 1 aromatic rings. The van der Waals surface area contributed by atoms with Crippen LogP contribution in [0.5, 0.6) is 0 Å². The number of nitrogens with one attached hydrogen (secondary N) is 1. The van der Waals surface area contributed by atoms with Gasteiger partial charge in [0.15, 0.2) is 0 Å². The Kier molecular flexibility index (Phi) is 3.22. The van der Waals surface area contributed by atoms with Gasteiger partial charge in [-0.3, -0.25) is 9.59 Å². The fourth-order valence-corrected chi connectivity index (χ4v) is 0.944. The number of hydrogen-bond donors (Lipinski definition) is 2. The fraction of sp³-hybridized carbons (Fsp3) is 0.375. The van der Waals surface area contributed by atoms with E-state index in [1.54, 1.807) is 24.0 Å². The normalized spacial score (nSPS) is 9.79. The van der Waals surface area contributed by atoms with E-state index in [-0.39, 0.29) is 6.54 Å². The van der Waals surface area contributed by atoms with Crippen molar-refractivity contribution < 1.29 is 14.7 Å². The van der Waals surface area contributed by atoms with Gasteiger partial charge in [0, 0.05) is 19.4 Å². The maximum Gasteiger partial charge on any atom is 0.312 e. The average Bonchev–Trinajstić information content (AvgIpc) is 2.46. The third-order valence-electron chi connectivity index (χ3n) is 1.68. The van der Waals surface area contributed by atoms with Crippen LogP contribution in [0.1, 0.15) is 12.2 Å². The zero-order valence-electron chi connectivity index (χ0n) is 7.73. The van der Waals surface area contributed by atoms with Crippen LogP contribution in [0.4, 0.5) is 0 Å². The van der Waals surface area contributed by atoms with E-state index in [4.69, 9.17) is 5.11 Å². The van der Waals surface area contributed by atoms with Crippen LogP contribution in [0, 0.1) is 0 Å². The van der Waals surface area contributed by atoms with E-state index < -0.39 is 18.3 Å². The highest BCUT2D eigenvalue weighted by molar-refractivity contribution is 5.93. The number of rotatable bonds is 4. The summed E-state index contributed by atoms with van der Waals surface area (Å²) in [5.74, 6) is -0.966. The number of carbonyl (C=O) groups is 2. The summed E-state index contributed by atoms with van der Waals surface area (Å²) in [6.45, 7) is 0.246. The highest BCUT2D eigenvalue weighted by Gasteiger charge is 2.07. The SMILES string of the molecule is Cn1ccnc1CNC(=O)CC(=O)O. The lowest BCUT2D eigenvalue weighted by molar-refractivity contribution is -0.140. The van der Waals surface area contributed by atoms with E-state index in [2.05, 4.69) is 10.3 Å². The molecule has 2 N–H and O–H groups in total. The Morgan fingerprint density at radius 1 is 1.64 bits per heavy atom. The molecule has 1 rings (SSSR count). The van der Waals surface area contributed by atoms with Crippen molar-refractivity contribution in [2.24, 2.45) is 7.05 Å². The number of amides is 1. The van der Waals surface area contributed by atoms with Gasteiger partial charge in [-0.2, -0.15) is 0 Å². The molecule has 1 amide bonds. The quantitative estimate of drug-likeness (QED) is 0.638. The molecule has 6 heteroatoms. The first-order valence-electron chi connectivity index (χ1n) is 4.04. The van der Waals surface area contributed by atoms with Crippen molar-refractivity contribution in [1.82, 2.24) is 14.9 Å². The topological polar surface area (TPSA) is 84.2 Å². The summed E-state index contributed by atoms with van der Waals surface area (Å²) in [6.07, 6.45) is 2.85. The molecule has 0 aliphatic rings. The molecule has 0 unspecified atom stereocenters. The third kappa shape index (κ3) is 2.89. The molecule has 0 atom stereocenters. The zero-order valence-corrected chi connectivity index (χ0v) is 7.73. The molecule has 6 nitrogen and oxygen atoms in total. The number of hydrogen-bond acceptors (Lipinski definition) is 3. The van der Waals surface area contributed by atoms with Crippen molar-refractivity contribution in [3.8, 4) is 0 Å². The molecule has 0 saturated heterocycles. The molecule has 14 heavy (non-hydrogen) atoms. The van der Waals surface area contributed by atoms with Gasteiger partial charge < -0.3 is 15.0 Å². The van der Waals surface area contributed by atoms with E-state index in [0.717, 1.165) is 0 Å². The molecular formula is C8H11N3O3. The van der Waals surface area contributed by atoms with Crippen molar-refractivity contribution in [1.29, 1.82) is 0 Å². The lowest BCUT2D eigenvalue weighted by atomic mass is 10.4. The third-order valence-corrected chi connectivity index (χ3v) is 1.68. The average molecular weight is 197 g/mol. The first-order chi connectivity index (χ1) is 6.59. The Morgan fingerprint density at radius 3 is 2.86 bits per heavy atom. The van der Waals surface area contributed by atoms with Crippen LogP contribution >= 0.6 is 0 Å². The first kappa shape index (κ1) is 10.2. The van der Waals surface area contributed by atoms with E-state index in [1.807, 2.05) is 0 Å². The summed E-state index contributed by atoms with van der Waals surface area (Å²) in [7, 11) is 1.80. The second kappa shape index (κ2) is 4.40. The molecule has 0 radical (unpaired) electrons. The number of nitrogens with zero attached hydrogens (tertiary/aromatic N) is 2. The van der Waals surface area contributed by atoms with Crippen LogP contribution in [0.3, 0.4) is 0 Å². The molecule has 1 aromatic heterocycles. The van der Waals surface area contributed by atoms with Crippen molar-refractivity contribution in [3.63, 3.8) is 0 Å². The highest BCUT2D eigenvalue weighted by atomic mass is 16.4. The second-order valence-electron chi connectivity index (χ2n) is 2.80. The maximum absolute atomic E-state index is 10.9. The summed E-state index contributed by atoms with van der Waals surface area (Å²) in [4.78, 5) is 25.1. The maximum atomic E-state index is 10.9. The number of aromatic nitrogens is 2. The first-order valence-corrected chi connectivity index (χ1v) is 4.04. The highest BCUT2D eigenvalue weighted by Crippen LogP contribution is 1.93. The zero-order chi connectivity index (χ0) is 10.6. The second-order valence-corrected chi connectivity index (χ2v) is 2.80. The van der Waals surface area contributed by atoms with E-state index in [0.29, 0.717) is 5.82 Å². The summed E-state index contributed by atoms with van der Waals surface area (Å²) in [6, 6.07) is 0. The summed E-state index contributed by atoms with van der Waals surface area (Å²) < 4.78 is 1.75. The lowest BCUT2D eigenvalue weighted by Crippen LogP contribution is -2.26. The predicted octanol–water partition coefficient (Wildman–Crippen LogP) is -0.489. The Balaban J connectivity index is 2.38. The van der Waals surface area contributed by atoms with Gasteiger partial charge in [-0.1, -0.05) is 0 Å². The molecule has 0 bridgehead atoms. The number of aliphatic carboxylic acids is 1. The number of carboxylic acids is 1. The Morgan fingerprint density at radius 2 is 2.36 bits per heavy atom. The molecule has 0 spiro atoms. The van der Waals surface area contributed by atoms with Gasteiger partial charge in [-0.15, -0.1) is 0 Å². The monoisotopic (exact) mass is 197 g/mol. The van der Waals surface area contributed by atoms with Gasteiger partial charge >= 0.3 is 5.97 Å². The minimum absolute atomic E-state index is 0.246. The number of imidazole rings is 1. The Labute approximate surface area is 80.6 Å². The number of aryl methyl sites for hydroxylation is 1. The lowest BCUT2D eigenvalue weighted by Gasteiger charge is -2.03. The summed E-state index contributed by atoms with van der Waals surface area (Å²) >= 11 is 0.